The Hall–Kier alpha value is -1.43. The minimum atomic E-state index is -0.497. The Morgan fingerprint density at radius 1 is 1.45 bits per heavy atom. The molecule has 0 saturated carbocycles. The molecule has 106 valence electrons. The number of likely N-dealkylation sites (N-methyl/N-ethyl adjacent to an activating group) is 1. The molecular formula is C14H14ClFN2OS. The lowest BCUT2D eigenvalue weighted by atomic mass is 10.3. The third-order valence-electron chi connectivity index (χ3n) is 2.65. The van der Waals surface area contributed by atoms with Crippen LogP contribution in [-0.4, -0.2) is 24.4 Å². The van der Waals surface area contributed by atoms with Gasteiger partial charge >= 0.3 is 0 Å². The Labute approximate surface area is 126 Å². The van der Waals surface area contributed by atoms with Gasteiger partial charge < -0.3 is 5.32 Å². The van der Waals surface area contributed by atoms with Crippen molar-refractivity contribution < 1.29 is 9.18 Å². The first kappa shape index (κ1) is 15.0. The van der Waals surface area contributed by atoms with Crippen molar-refractivity contribution in [2.45, 2.75) is 6.54 Å². The zero-order valence-corrected chi connectivity index (χ0v) is 12.5. The highest BCUT2D eigenvalue weighted by atomic mass is 35.5. The van der Waals surface area contributed by atoms with Crippen LogP contribution in [0.15, 0.2) is 35.0 Å². The average Bonchev–Trinajstić information content (AvgIpc) is 2.86. The van der Waals surface area contributed by atoms with Crippen LogP contribution >= 0.6 is 22.9 Å². The number of hydrogen-bond donors (Lipinski definition) is 1. The van der Waals surface area contributed by atoms with Gasteiger partial charge in [0, 0.05) is 11.6 Å². The average molecular weight is 313 g/mol. The molecule has 1 amide bonds. The van der Waals surface area contributed by atoms with Gasteiger partial charge in [0.15, 0.2) is 0 Å². The maximum atomic E-state index is 13.5. The van der Waals surface area contributed by atoms with E-state index in [0.29, 0.717) is 11.6 Å². The zero-order valence-electron chi connectivity index (χ0n) is 10.9. The second-order valence-electron chi connectivity index (χ2n) is 4.48. The van der Waals surface area contributed by atoms with Gasteiger partial charge in [0.1, 0.15) is 5.82 Å². The Morgan fingerprint density at radius 2 is 2.25 bits per heavy atom. The Bertz CT molecular complexity index is 589. The molecule has 1 aromatic carbocycles. The molecule has 0 atom stereocenters. The van der Waals surface area contributed by atoms with E-state index in [9.17, 15) is 9.18 Å². The van der Waals surface area contributed by atoms with Gasteiger partial charge in [-0.25, -0.2) is 4.39 Å². The summed E-state index contributed by atoms with van der Waals surface area (Å²) in [4.78, 5) is 13.7. The zero-order chi connectivity index (χ0) is 14.5. The summed E-state index contributed by atoms with van der Waals surface area (Å²) in [6, 6.07) is 6.08. The molecule has 0 spiro atoms. The van der Waals surface area contributed by atoms with Gasteiger partial charge in [0.05, 0.1) is 12.2 Å². The van der Waals surface area contributed by atoms with Crippen molar-refractivity contribution in [2.24, 2.45) is 0 Å². The second kappa shape index (κ2) is 6.83. The number of nitrogens with zero attached hydrogens (tertiary/aromatic N) is 1. The topological polar surface area (TPSA) is 32.3 Å². The molecule has 1 heterocycles. The number of rotatable bonds is 5. The molecule has 0 aliphatic rings. The first-order chi connectivity index (χ1) is 9.54. The third kappa shape index (κ3) is 4.30. The number of amides is 1. The molecule has 20 heavy (non-hydrogen) atoms. The Kier molecular flexibility index (Phi) is 5.11. The van der Waals surface area contributed by atoms with E-state index in [4.69, 9.17) is 11.6 Å². The highest BCUT2D eigenvalue weighted by Gasteiger charge is 2.10. The molecule has 0 radical (unpaired) electrons. The summed E-state index contributed by atoms with van der Waals surface area (Å²) >= 11 is 7.39. The molecule has 2 aromatic rings. The van der Waals surface area contributed by atoms with Crippen molar-refractivity contribution >= 4 is 34.5 Å². The molecule has 1 N–H and O–H groups in total. The van der Waals surface area contributed by atoms with Crippen LogP contribution in [0.25, 0.3) is 0 Å². The molecule has 3 nitrogen and oxygen atoms in total. The van der Waals surface area contributed by atoms with Crippen LogP contribution in [0.4, 0.5) is 10.1 Å². The van der Waals surface area contributed by atoms with Gasteiger partial charge in [-0.1, -0.05) is 11.6 Å². The van der Waals surface area contributed by atoms with Crippen LogP contribution in [0.1, 0.15) is 5.56 Å². The van der Waals surface area contributed by atoms with E-state index in [-0.39, 0.29) is 18.1 Å². The number of thiophene rings is 1. The molecule has 0 aliphatic heterocycles. The van der Waals surface area contributed by atoms with Crippen molar-refractivity contribution in [1.82, 2.24) is 4.90 Å². The van der Waals surface area contributed by atoms with Gasteiger partial charge in [-0.05, 0) is 47.6 Å². The fraction of sp³-hybridized carbons (Fsp3) is 0.214. The number of halogens is 2. The summed E-state index contributed by atoms with van der Waals surface area (Å²) < 4.78 is 13.5. The minimum Gasteiger partial charge on any atom is -0.322 e. The Morgan fingerprint density at radius 3 is 2.95 bits per heavy atom. The van der Waals surface area contributed by atoms with Gasteiger partial charge in [-0.3, -0.25) is 9.69 Å². The summed E-state index contributed by atoms with van der Waals surface area (Å²) in [6.07, 6.45) is 0. The van der Waals surface area contributed by atoms with E-state index in [1.807, 2.05) is 28.8 Å². The largest absolute Gasteiger partial charge is 0.322 e. The minimum absolute atomic E-state index is 0.103. The van der Waals surface area contributed by atoms with E-state index in [1.165, 1.54) is 18.2 Å². The smallest absolute Gasteiger partial charge is 0.238 e. The van der Waals surface area contributed by atoms with Crippen molar-refractivity contribution in [3.05, 3.63) is 51.4 Å². The summed E-state index contributed by atoms with van der Waals surface area (Å²) in [7, 11) is 1.84. The van der Waals surface area contributed by atoms with Crippen molar-refractivity contribution in [3.63, 3.8) is 0 Å². The fourth-order valence-electron chi connectivity index (χ4n) is 1.78. The van der Waals surface area contributed by atoms with E-state index >= 15 is 0 Å². The monoisotopic (exact) mass is 312 g/mol. The molecule has 0 fully saturated rings. The summed E-state index contributed by atoms with van der Waals surface area (Å²) in [5.74, 6) is -0.771. The number of carbonyl (C=O) groups is 1. The van der Waals surface area contributed by atoms with E-state index in [0.717, 1.165) is 5.56 Å². The molecule has 0 bridgehead atoms. The SMILES string of the molecule is CN(CC(=O)Nc1cc(Cl)ccc1F)Cc1ccsc1. The van der Waals surface area contributed by atoms with Gasteiger partial charge in [0.2, 0.25) is 5.91 Å². The van der Waals surface area contributed by atoms with Crippen LogP contribution in [0, 0.1) is 5.82 Å². The third-order valence-corrected chi connectivity index (χ3v) is 3.62. The molecule has 2 rings (SSSR count). The highest BCUT2D eigenvalue weighted by molar-refractivity contribution is 7.07. The summed E-state index contributed by atoms with van der Waals surface area (Å²) in [5, 5.41) is 6.93. The van der Waals surface area contributed by atoms with Crippen LogP contribution in [0.5, 0.6) is 0 Å². The maximum absolute atomic E-state index is 13.5. The highest BCUT2D eigenvalue weighted by Crippen LogP contribution is 2.19. The van der Waals surface area contributed by atoms with E-state index in [2.05, 4.69) is 5.32 Å². The number of hydrogen-bond acceptors (Lipinski definition) is 3. The molecular weight excluding hydrogens is 299 g/mol. The summed E-state index contributed by atoms with van der Waals surface area (Å²) in [5.41, 5.74) is 1.26. The lowest BCUT2D eigenvalue weighted by molar-refractivity contribution is -0.117. The van der Waals surface area contributed by atoms with Gasteiger partial charge in [-0.2, -0.15) is 11.3 Å². The van der Waals surface area contributed by atoms with Gasteiger partial charge in [0.25, 0.3) is 0 Å². The molecule has 0 aliphatic carbocycles. The maximum Gasteiger partial charge on any atom is 0.238 e. The number of carbonyl (C=O) groups excluding carboxylic acids is 1. The fourth-order valence-corrected chi connectivity index (χ4v) is 2.61. The normalized spacial score (nSPS) is 10.8. The molecule has 6 heteroatoms. The van der Waals surface area contributed by atoms with E-state index < -0.39 is 5.82 Å². The number of anilines is 1. The van der Waals surface area contributed by atoms with Crippen molar-refractivity contribution in [3.8, 4) is 0 Å². The Balaban J connectivity index is 1.90. The molecule has 0 saturated heterocycles. The van der Waals surface area contributed by atoms with Crippen molar-refractivity contribution in [2.75, 3.05) is 18.9 Å². The molecule has 0 unspecified atom stereocenters. The predicted molar refractivity (Wildman–Crippen MR) is 80.7 cm³/mol. The second-order valence-corrected chi connectivity index (χ2v) is 5.69. The quantitative estimate of drug-likeness (QED) is 0.914. The van der Waals surface area contributed by atoms with Crippen molar-refractivity contribution in [1.29, 1.82) is 0 Å². The van der Waals surface area contributed by atoms with Crippen LogP contribution < -0.4 is 5.32 Å². The summed E-state index contributed by atoms with van der Waals surface area (Å²) in [6.45, 7) is 0.858. The number of nitrogens with one attached hydrogen (secondary N) is 1. The van der Waals surface area contributed by atoms with Crippen LogP contribution in [-0.2, 0) is 11.3 Å². The van der Waals surface area contributed by atoms with Crippen LogP contribution in [0.3, 0.4) is 0 Å². The predicted octanol–water partition coefficient (Wildman–Crippen LogP) is 3.61. The molecule has 1 aromatic heterocycles. The first-order valence-electron chi connectivity index (χ1n) is 5.99. The lowest BCUT2D eigenvalue weighted by Crippen LogP contribution is -2.29. The number of benzene rings is 1. The standard InChI is InChI=1S/C14H14ClFN2OS/c1-18(7-10-4-5-20-9-10)8-14(19)17-13-6-11(15)2-3-12(13)16/h2-6,9H,7-8H2,1H3,(H,17,19). The first-order valence-corrected chi connectivity index (χ1v) is 7.31. The van der Waals surface area contributed by atoms with E-state index in [1.54, 1.807) is 11.3 Å². The lowest BCUT2D eigenvalue weighted by Gasteiger charge is -2.15. The van der Waals surface area contributed by atoms with Gasteiger partial charge in [-0.15, -0.1) is 0 Å². The van der Waals surface area contributed by atoms with Crippen LogP contribution in [0.2, 0.25) is 5.02 Å².